The average Bonchev–Trinajstić information content (AvgIpc) is 2.82. The summed E-state index contributed by atoms with van der Waals surface area (Å²) < 4.78 is 15.1. The van der Waals surface area contributed by atoms with Crippen LogP contribution in [0.2, 0.25) is 26.6 Å². The summed E-state index contributed by atoms with van der Waals surface area (Å²) in [6, 6.07) is 0. The van der Waals surface area contributed by atoms with Crippen LogP contribution in [-0.4, -0.2) is 36.8 Å². The molecule has 0 aliphatic rings. The maximum atomic E-state index is 2.81. The Morgan fingerprint density at radius 1 is 0.344 bits per heavy atom. The molecule has 2 heteroatoms. The molecule has 0 heterocycles. The molecule has 32 heavy (non-hydrogen) atoms. The van der Waals surface area contributed by atoms with Gasteiger partial charge in [-0.3, -0.25) is 0 Å². The van der Waals surface area contributed by atoms with E-state index in [9.17, 15) is 0 Å². The van der Waals surface area contributed by atoms with E-state index in [-0.39, 0.29) is 0 Å². The summed E-state index contributed by atoms with van der Waals surface area (Å²) in [7, 11) is 0. The summed E-state index contributed by atoms with van der Waals surface area (Å²) in [5, 5.41) is 0. The summed E-state index contributed by atoms with van der Waals surface area (Å²) in [6.07, 6.45) is 26.7. The summed E-state index contributed by atoms with van der Waals surface area (Å²) in [5.41, 5.74) is 0. The van der Waals surface area contributed by atoms with Crippen molar-refractivity contribution in [2.45, 2.75) is 145 Å². The van der Waals surface area contributed by atoms with Crippen LogP contribution in [0.4, 0.5) is 0 Å². The zero-order valence-corrected chi connectivity index (χ0v) is 28.9. The van der Waals surface area contributed by atoms with Gasteiger partial charge in [0.05, 0.1) is 0 Å². The molecule has 0 radical (unpaired) electrons. The Morgan fingerprint density at radius 3 is 0.750 bits per heavy atom. The van der Waals surface area contributed by atoms with Crippen LogP contribution in [0.15, 0.2) is 32.5 Å². The molecule has 0 aliphatic heterocycles. The van der Waals surface area contributed by atoms with Crippen molar-refractivity contribution in [3.05, 3.63) is 32.5 Å². The number of allylic oxidation sites excluding steroid dienone is 4. The molecule has 188 valence electrons. The van der Waals surface area contributed by atoms with Crippen LogP contribution in [0.5, 0.6) is 0 Å². The van der Waals surface area contributed by atoms with Crippen LogP contribution < -0.4 is 0 Å². The summed E-state index contributed by atoms with van der Waals surface area (Å²) >= 11 is -4.23. The van der Waals surface area contributed by atoms with E-state index in [0.29, 0.717) is 0 Å². The van der Waals surface area contributed by atoms with Gasteiger partial charge in [0.25, 0.3) is 0 Å². The van der Waals surface area contributed by atoms with Crippen LogP contribution >= 0.6 is 0 Å². The maximum absolute atomic E-state index is 2.81. The SMILES string of the molecule is CCC[CH2][Sn](/[CH]=C/C=C\C=[CH]\[Sn]([CH2]CCC)([CH2]CCC)[CH2]CCC)([CH2]CCC)[CH2]CCC. The van der Waals surface area contributed by atoms with Crippen LogP contribution in [0.1, 0.15) is 119 Å². The second kappa shape index (κ2) is 22.3. The van der Waals surface area contributed by atoms with Crippen LogP contribution in [0.25, 0.3) is 0 Å². The standard InChI is InChI=1S/C6H6.6C4H9.2Sn/c1-3-5-6-4-2;6*1-3-4-2;;/h1-6H;6*1,3-4H2,2H3;;/b3-1?,4-2?,6-5-;;;;;;;;. The van der Waals surface area contributed by atoms with Crippen molar-refractivity contribution in [2.24, 2.45) is 0 Å². The van der Waals surface area contributed by atoms with E-state index in [1.54, 1.807) is 26.6 Å². The van der Waals surface area contributed by atoms with Crippen LogP contribution in [-0.2, 0) is 0 Å². The van der Waals surface area contributed by atoms with Crippen molar-refractivity contribution in [1.29, 1.82) is 0 Å². The van der Waals surface area contributed by atoms with Gasteiger partial charge in [-0.25, -0.2) is 0 Å². The zero-order chi connectivity index (χ0) is 24.0. The molecule has 0 atom stereocenters. The molecule has 0 spiro atoms. The molecular formula is C30H60Sn2. The molecule has 0 aromatic heterocycles. The van der Waals surface area contributed by atoms with Crippen molar-refractivity contribution < 1.29 is 0 Å². The van der Waals surface area contributed by atoms with Crippen molar-refractivity contribution in [2.75, 3.05) is 0 Å². The van der Waals surface area contributed by atoms with Gasteiger partial charge in [0, 0.05) is 0 Å². The van der Waals surface area contributed by atoms with Gasteiger partial charge >= 0.3 is 214 Å². The third-order valence-electron chi connectivity index (χ3n) is 7.40. The fraction of sp³-hybridized carbons (Fsp3) is 0.800. The first-order valence-corrected chi connectivity index (χ1v) is 30.0. The average molecular weight is 658 g/mol. The molecule has 0 aromatic rings. The van der Waals surface area contributed by atoms with Gasteiger partial charge in [0.2, 0.25) is 0 Å². The molecule has 0 fully saturated rings. The predicted octanol–water partition coefficient (Wildman–Crippen LogP) is 11.4. The molecule has 0 N–H and O–H groups in total. The Kier molecular flexibility index (Phi) is 22.9. The number of rotatable bonds is 22. The Balaban J connectivity index is 5.36. The van der Waals surface area contributed by atoms with Crippen molar-refractivity contribution in [1.82, 2.24) is 0 Å². The molecule has 0 nitrogen and oxygen atoms in total. The molecule has 0 amide bonds. The van der Waals surface area contributed by atoms with Crippen LogP contribution in [0.3, 0.4) is 0 Å². The van der Waals surface area contributed by atoms with Gasteiger partial charge < -0.3 is 0 Å². The first-order chi connectivity index (χ1) is 15.6. The van der Waals surface area contributed by atoms with Crippen LogP contribution in [0, 0.1) is 0 Å². The van der Waals surface area contributed by atoms with Gasteiger partial charge in [0.15, 0.2) is 0 Å². The number of unbranched alkanes of at least 4 members (excludes halogenated alkanes) is 6. The minimum atomic E-state index is -2.11. The van der Waals surface area contributed by atoms with Crippen molar-refractivity contribution >= 4 is 36.8 Å². The molecule has 0 rings (SSSR count). The Hall–Kier alpha value is 0.817. The van der Waals surface area contributed by atoms with Crippen molar-refractivity contribution in [3.8, 4) is 0 Å². The van der Waals surface area contributed by atoms with E-state index in [4.69, 9.17) is 0 Å². The van der Waals surface area contributed by atoms with E-state index in [0.717, 1.165) is 0 Å². The second-order valence-corrected chi connectivity index (χ2v) is 36.5. The normalized spacial score (nSPS) is 13.3. The van der Waals surface area contributed by atoms with E-state index >= 15 is 0 Å². The number of hydrogen-bond acceptors (Lipinski definition) is 0. The van der Waals surface area contributed by atoms with E-state index in [2.05, 4.69) is 74.0 Å². The van der Waals surface area contributed by atoms with Gasteiger partial charge in [-0.15, -0.1) is 0 Å². The fourth-order valence-electron chi connectivity index (χ4n) is 5.07. The molecule has 0 aliphatic carbocycles. The predicted molar refractivity (Wildman–Crippen MR) is 157 cm³/mol. The third kappa shape index (κ3) is 15.7. The van der Waals surface area contributed by atoms with E-state index in [1.165, 1.54) is 77.0 Å². The first kappa shape index (κ1) is 32.8. The first-order valence-electron chi connectivity index (χ1n) is 14.6. The second-order valence-electron chi connectivity index (χ2n) is 10.4. The summed E-state index contributed by atoms with van der Waals surface area (Å²) in [5.74, 6) is 0. The summed E-state index contributed by atoms with van der Waals surface area (Å²) in [6.45, 7) is 14.2. The Bertz CT molecular complexity index is 402. The molecule has 0 saturated carbocycles. The van der Waals surface area contributed by atoms with Gasteiger partial charge in [0.1, 0.15) is 0 Å². The molecule has 0 saturated heterocycles. The minimum absolute atomic E-state index is 1.37. The van der Waals surface area contributed by atoms with E-state index < -0.39 is 36.8 Å². The monoisotopic (exact) mass is 660 g/mol. The number of hydrogen-bond donors (Lipinski definition) is 0. The molecule has 0 aromatic carbocycles. The zero-order valence-electron chi connectivity index (χ0n) is 23.2. The molecular weight excluding hydrogens is 598 g/mol. The Labute approximate surface area is 212 Å². The Morgan fingerprint density at radius 2 is 0.562 bits per heavy atom. The van der Waals surface area contributed by atoms with Gasteiger partial charge in [-0.2, -0.15) is 0 Å². The van der Waals surface area contributed by atoms with Crippen molar-refractivity contribution in [3.63, 3.8) is 0 Å². The van der Waals surface area contributed by atoms with E-state index in [1.807, 2.05) is 0 Å². The van der Waals surface area contributed by atoms with Gasteiger partial charge in [-0.05, 0) is 0 Å². The topological polar surface area (TPSA) is 0 Å². The fourth-order valence-corrected chi connectivity index (χ4v) is 33.3. The summed E-state index contributed by atoms with van der Waals surface area (Å²) in [4.78, 5) is 0. The molecule has 0 bridgehead atoms. The third-order valence-corrected chi connectivity index (χ3v) is 35.6. The quantitative estimate of drug-likeness (QED) is 0.0803. The van der Waals surface area contributed by atoms with Gasteiger partial charge in [-0.1, -0.05) is 0 Å². The molecule has 0 unspecified atom stereocenters.